The Labute approximate surface area is 214 Å². The lowest BCUT2D eigenvalue weighted by molar-refractivity contribution is 0.0509. The van der Waals surface area contributed by atoms with E-state index in [1.807, 2.05) is 24.3 Å². The molecule has 0 saturated heterocycles. The van der Waals surface area contributed by atoms with Gasteiger partial charge in [0.05, 0.1) is 13.2 Å². The number of ether oxygens (including phenoxy) is 3. The van der Waals surface area contributed by atoms with E-state index in [0.717, 1.165) is 24.0 Å². The first-order chi connectivity index (χ1) is 15.2. The molecule has 184 valence electrons. The zero-order valence-corrected chi connectivity index (χ0v) is 22.0. The molecule has 0 radical (unpaired) electrons. The Morgan fingerprint density at radius 3 is 1.18 bits per heavy atom. The maximum absolute atomic E-state index is 13.3. The first-order valence-corrected chi connectivity index (χ1v) is 12.0. The van der Waals surface area contributed by atoms with Crippen LogP contribution >= 0.6 is 46.4 Å². The predicted octanol–water partition coefficient (Wildman–Crippen LogP) is 8.61. The number of hydrogen-bond donors (Lipinski definition) is 0. The van der Waals surface area contributed by atoms with Gasteiger partial charge in [-0.1, -0.05) is 52.0 Å². The van der Waals surface area contributed by atoms with Gasteiger partial charge in [-0.05, 0) is 94.6 Å². The van der Waals surface area contributed by atoms with Crippen LogP contribution in [0.5, 0.6) is 11.5 Å². The van der Waals surface area contributed by atoms with E-state index in [1.165, 1.54) is 0 Å². The van der Waals surface area contributed by atoms with Gasteiger partial charge >= 0.3 is 9.55 Å². The Balaban J connectivity index is 2.06. The Bertz CT molecular complexity index is 809. The van der Waals surface area contributed by atoms with Crippen molar-refractivity contribution in [3.8, 4) is 11.5 Å². The zero-order chi connectivity index (χ0) is 24.9. The average molecular weight is 544 g/mol. The summed E-state index contributed by atoms with van der Waals surface area (Å²) >= 11 is 21.0. The molecular formula is C24H28Cl4F2O3. The van der Waals surface area contributed by atoms with Crippen LogP contribution in [0, 0.1) is 0 Å². The average Bonchev–Trinajstić information content (AvgIpc) is 2.72. The van der Waals surface area contributed by atoms with Gasteiger partial charge < -0.3 is 14.2 Å². The van der Waals surface area contributed by atoms with Crippen LogP contribution < -0.4 is 9.47 Å². The Hall–Kier alpha value is -0.980. The van der Waals surface area contributed by atoms with Crippen LogP contribution in [0.3, 0.4) is 0 Å². The highest BCUT2D eigenvalue weighted by Crippen LogP contribution is 2.35. The molecule has 0 fully saturated rings. The van der Waals surface area contributed by atoms with Gasteiger partial charge in [-0.25, -0.2) is 0 Å². The number of rotatable bonds is 12. The molecule has 0 aliphatic carbocycles. The molecule has 0 amide bonds. The Morgan fingerprint density at radius 2 is 0.939 bits per heavy atom. The van der Waals surface area contributed by atoms with E-state index in [1.54, 1.807) is 24.3 Å². The van der Waals surface area contributed by atoms with Crippen LogP contribution in [0.2, 0.25) is 0 Å². The largest absolute Gasteiger partial charge is 0.433 e. The van der Waals surface area contributed by atoms with Gasteiger partial charge in [0.2, 0.25) is 0 Å². The maximum Gasteiger partial charge on any atom is 0.410 e. The van der Waals surface area contributed by atoms with Crippen LogP contribution in [0.25, 0.3) is 0 Å². The van der Waals surface area contributed by atoms with Crippen molar-refractivity contribution in [2.75, 3.05) is 13.2 Å². The van der Waals surface area contributed by atoms with Crippen LogP contribution in [-0.4, -0.2) is 22.8 Å². The second-order valence-corrected chi connectivity index (χ2v) is 10.8. The van der Waals surface area contributed by atoms with Crippen LogP contribution in [0.4, 0.5) is 8.78 Å². The molecule has 2 aromatic rings. The fraction of sp³-hybridized carbons (Fsp3) is 0.500. The Kier molecular flexibility index (Phi) is 9.57. The molecule has 3 nitrogen and oxygen atoms in total. The SMILES string of the molecule is CCC(C)(COCC(C)(CC)c1ccc(OC(F)(Cl)Cl)cc1)c1ccc(OC(F)(Cl)Cl)cc1. The molecule has 0 heterocycles. The first-order valence-electron chi connectivity index (χ1n) is 10.5. The number of halogens is 6. The van der Waals surface area contributed by atoms with Gasteiger partial charge in [0, 0.05) is 10.8 Å². The predicted molar refractivity (Wildman–Crippen MR) is 131 cm³/mol. The minimum absolute atomic E-state index is 0.227. The normalized spacial score (nSPS) is 16.1. The fourth-order valence-electron chi connectivity index (χ4n) is 3.40. The zero-order valence-electron chi connectivity index (χ0n) is 18.9. The molecule has 2 atom stereocenters. The van der Waals surface area contributed by atoms with Gasteiger partial charge in [-0.3, -0.25) is 0 Å². The van der Waals surface area contributed by atoms with Gasteiger partial charge in [0.1, 0.15) is 11.5 Å². The molecule has 0 N–H and O–H groups in total. The smallest absolute Gasteiger partial charge is 0.410 e. The quantitative estimate of drug-likeness (QED) is 0.251. The van der Waals surface area contributed by atoms with E-state index in [2.05, 4.69) is 27.7 Å². The van der Waals surface area contributed by atoms with E-state index in [9.17, 15) is 8.78 Å². The summed E-state index contributed by atoms with van der Waals surface area (Å²) in [5.41, 5.74) is 1.49. The number of alkyl halides is 6. The number of benzene rings is 2. The van der Waals surface area contributed by atoms with Crippen molar-refractivity contribution in [2.45, 2.75) is 60.9 Å². The van der Waals surface area contributed by atoms with E-state index < -0.39 is 9.55 Å². The molecule has 9 heteroatoms. The molecular weight excluding hydrogens is 516 g/mol. The highest BCUT2D eigenvalue weighted by molar-refractivity contribution is 6.46. The first kappa shape index (κ1) is 28.3. The van der Waals surface area contributed by atoms with Gasteiger partial charge in [-0.15, -0.1) is 0 Å². The summed E-state index contributed by atoms with van der Waals surface area (Å²) in [5.74, 6) is 0.454. The molecule has 2 aromatic carbocycles. The molecule has 0 aliphatic heterocycles. The van der Waals surface area contributed by atoms with Crippen molar-refractivity contribution >= 4 is 46.4 Å². The molecule has 0 saturated carbocycles. The lowest BCUT2D eigenvalue weighted by Gasteiger charge is -2.33. The van der Waals surface area contributed by atoms with Crippen molar-refractivity contribution in [1.29, 1.82) is 0 Å². The third-order valence-electron chi connectivity index (χ3n) is 5.97. The second-order valence-electron chi connectivity index (χ2n) is 8.47. The molecule has 0 bridgehead atoms. The number of hydrogen-bond acceptors (Lipinski definition) is 3. The van der Waals surface area contributed by atoms with Crippen molar-refractivity contribution in [2.24, 2.45) is 0 Å². The minimum Gasteiger partial charge on any atom is -0.433 e. The van der Waals surface area contributed by atoms with Crippen molar-refractivity contribution < 1.29 is 23.0 Å². The summed E-state index contributed by atoms with van der Waals surface area (Å²) < 4.78 is 36.8. The van der Waals surface area contributed by atoms with Gasteiger partial charge in [0.15, 0.2) is 0 Å². The molecule has 33 heavy (non-hydrogen) atoms. The van der Waals surface area contributed by atoms with Crippen molar-refractivity contribution in [3.05, 3.63) is 59.7 Å². The fourth-order valence-corrected chi connectivity index (χ4v) is 3.75. The summed E-state index contributed by atoms with van der Waals surface area (Å²) in [5, 5.41) is 0. The summed E-state index contributed by atoms with van der Waals surface area (Å²) in [6.45, 7) is 9.30. The highest BCUT2D eigenvalue weighted by atomic mass is 35.5. The standard InChI is InChI=1S/C24H28Cl4F2O3/c1-5-21(3,17-7-11-19(12-8-17)32-23(25,26)29)15-31-16-22(4,6-2)18-9-13-20(14-10-18)33-24(27,28)30/h7-14H,5-6,15-16H2,1-4H3. The lowest BCUT2D eigenvalue weighted by atomic mass is 9.79. The second kappa shape index (κ2) is 11.2. The van der Waals surface area contributed by atoms with E-state index in [-0.39, 0.29) is 22.3 Å². The van der Waals surface area contributed by atoms with Crippen molar-refractivity contribution in [3.63, 3.8) is 0 Å². The minimum atomic E-state index is -2.78. The van der Waals surface area contributed by atoms with Gasteiger partial charge in [-0.2, -0.15) is 8.78 Å². The maximum atomic E-state index is 13.3. The van der Waals surface area contributed by atoms with Crippen LogP contribution in [0.1, 0.15) is 51.7 Å². The van der Waals surface area contributed by atoms with Crippen LogP contribution in [0.15, 0.2) is 48.5 Å². The van der Waals surface area contributed by atoms with Gasteiger partial charge in [0.25, 0.3) is 0 Å². The van der Waals surface area contributed by atoms with E-state index in [0.29, 0.717) is 13.2 Å². The monoisotopic (exact) mass is 542 g/mol. The molecule has 0 aliphatic rings. The summed E-state index contributed by atoms with van der Waals surface area (Å²) in [6, 6.07) is 13.9. The molecule has 0 spiro atoms. The summed E-state index contributed by atoms with van der Waals surface area (Å²) in [6.07, 6.45) is 1.64. The Morgan fingerprint density at radius 1 is 0.636 bits per heavy atom. The molecule has 0 aromatic heterocycles. The topological polar surface area (TPSA) is 27.7 Å². The van der Waals surface area contributed by atoms with Crippen LogP contribution in [-0.2, 0) is 15.6 Å². The third-order valence-corrected chi connectivity index (χ3v) is 6.28. The highest BCUT2D eigenvalue weighted by Gasteiger charge is 2.31. The summed E-state index contributed by atoms with van der Waals surface area (Å²) in [7, 11) is 0. The molecule has 2 unspecified atom stereocenters. The third kappa shape index (κ3) is 8.63. The molecule has 2 rings (SSSR count). The van der Waals surface area contributed by atoms with Crippen molar-refractivity contribution in [1.82, 2.24) is 0 Å². The summed E-state index contributed by atoms with van der Waals surface area (Å²) in [4.78, 5) is 0. The lowest BCUT2D eigenvalue weighted by Crippen LogP contribution is -2.33. The van der Waals surface area contributed by atoms with E-state index >= 15 is 0 Å². The van der Waals surface area contributed by atoms with E-state index in [4.69, 9.17) is 60.6 Å².